The summed E-state index contributed by atoms with van der Waals surface area (Å²) in [4.78, 5) is 4.67. The molecular formula is C19H33N3O4S. The molecule has 2 N–H and O–H groups in total. The number of hydrogen-bond acceptors (Lipinski definition) is 5. The van der Waals surface area contributed by atoms with Gasteiger partial charge >= 0.3 is 0 Å². The van der Waals surface area contributed by atoms with Gasteiger partial charge in [-0.3, -0.25) is 4.99 Å². The molecule has 0 aromatic carbocycles. The molecule has 0 aromatic rings. The van der Waals surface area contributed by atoms with E-state index in [9.17, 15) is 8.42 Å². The first kappa shape index (κ1) is 19.5. The van der Waals surface area contributed by atoms with E-state index in [2.05, 4.69) is 15.6 Å². The molecule has 0 radical (unpaired) electrons. The lowest BCUT2D eigenvalue weighted by Gasteiger charge is -2.26. The number of rotatable bonds is 5. The van der Waals surface area contributed by atoms with Crippen LogP contribution in [0.15, 0.2) is 4.99 Å². The molecule has 1 spiro atoms. The SMILES string of the molecule is O=S1(=O)CCC(CN=C(NCC2COC3(CCCCCC3)O2)NC2CC2)C1. The fraction of sp³-hybridized carbons (Fsp3) is 0.947. The Bertz CT molecular complexity index is 639. The molecule has 2 atom stereocenters. The van der Waals surface area contributed by atoms with Gasteiger partial charge in [0.15, 0.2) is 21.6 Å². The second-order valence-electron chi connectivity index (χ2n) is 8.63. The number of ether oxygens (including phenoxy) is 2. The van der Waals surface area contributed by atoms with Crippen LogP contribution in [-0.2, 0) is 19.3 Å². The molecule has 2 saturated heterocycles. The zero-order chi connectivity index (χ0) is 18.7. The Morgan fingerprint density at radius 3 is 2.56 bits per heavy atom. The van der Waals surface area contributed by atoms with Crippen LogP contribution in [-0.4, -0.2) is 63.5 Å². The minimum atomic E-state index is -2.84. The van der Waals surface area contributed by atoms with Crippen LogP contribution < -0.4 is 10.6 Å². The van der Waals surface area contributed by atoms with Crippen molar-refractivity contribution in [1.29, 1.82) is 0 Å². The highest BCUT2D eigenvalue weighted by atomic mass is 32.2. The smallest absolute Gasteiger partial charge is 0.191 e. The summed E-state index contributed by atoms with van der Waals surface area (Å²) in [6.45, 7) is 1.86. The van der Waals surface area contributed by atoms with E-state index in [4.69, 9.17) is 9.47 Å². The lowest BCUT2D eigenvalue weighted by atomic mass is 10.1. The molecule has 8 heteroatoms. The zero-order valence-electron chi connectivity index (χ0n) is 16.1. The van der Waals surface area contributed by atoms with Crippen LogP contribution in [0.1, 0.15) is 57.8 Å². The highest BCUT2D eigenvalue weighted by molar-refractivity contribution is 7.91. The Hall–Kier alpha value is -0.860. The van der Waals surface area contributed by atoms with E-state index in [0.29, 0.717) is 31.5 Å². The maximum absolute atomic E-state index is 11.6. The van der Waals surface area contributed by atoms with E-state index >= 15 is 0 Å². The molecule has 154 valence electrons. The number of hydrogen-bond donors (Lipinski definition) is 2. The van der Waals surface area contributed by atoms with E-state index in [0.717, 1.165) is 25.2 Å². The largest absolute Gasteiger partial charge is 0.354 e. The van der Waals surface area contributed by atoms with Crippen LogP contribution in [0.5, 0.6) is 0 Å². The Balaban J connectivity index is 1.28. The second-order valence-corrected chi connectivity index (χ2v) is 10.9. The molecule has 0 amide bonds. The van der Waals surface area contributed by atoms with Crippen LogP contribution in [0.4, 0.5) is 0 Å². The van der Waals surface area contributed by atoms with Gasteiger partial charge in [0.1, 0.15) is 6.10 Å². The number of nitrogens with one attached hydrogen (secondary N) is 2. The molecule has 4 rings (SSSR count). The third-order valence-electron chi connectivity index (χ3n) is 6.03. The number of sulfone groups is 1. The topological polar surface area (TPSA) is 89.0 Å². The number of aliphatic imine (C=N–C) groups is 1. The molecule has 2 aliphatic heterocycles. The van der Waals surface area contributed by atoms with Crippen molar-refractivity contribution in [2.24, 2.45) is 10.9 Å². The van der Waals surface area contributed by atoms with Crippen molar-refractivity contribution in [1.82, 2.24) is 10.6 Å². The van der Waals surface area contributed by atoms with Crippen molar-refractivity contribution in [2.45, 2.75) is 75.7 Å². The summed E-state index contributed by atoms with van der Waals surface area (Å²) < 4.78 is 35.6. The number of guanidine groups is 1. The first-order valence-electron chi connectivity index (χ1n) is 10.6. The Morgan fingerprint density at radius 2 is 1.89 bits per heavy atom. The van der Waals surface area contributed by atoms with Crippen molar-refractivity contribution in [3.63, 3.8) is 0 Å². The van der Waals surface area contributed by atoms with Crippen LogP contribution in [0.2, 0.25) is 0 Å². The molecule has 27 heavy (non-hydrogen) atoms. The van der Waals surface area contributed by atoms with Gasteiger partial charge in [-0.15, -0.1) is 0 Å². The van der Waals surface area contributed by atoms with Crippen LogP contribution in [0, 0.1) is 5.92 Å². The summed E-state index contributed by atoms with van der Waals surface area (Å²) in [5.41, 5.74) is 0. The maximum Gasteiger partial charge on any atom is 0.191 e. The Kier molecular flexibility index (Phi) is 5.94. The first-order valence-corrected chi connectivity index (χ1v) is 12.4. The minimum absolute atomic E-state index is 0.0427. The molecule has 4 fully saturated rings. The maximum atomic E-state index is 11.6. The standard InChI is InChI=1S/C19H33N3O4S/c23-27(24)10-7-15(14-27)11-20-18(22-16-5-6-16)21-12-17-13-25-19(26-17)8-3-1-2-4-9-19/h15-17H,1-14H2,(H2,20,21,22). The van der Waals surface area contributed by atoms with E-state index < -0.39 is 9.84 Å². The Morgan fingerprint density at radius 1 is 1.11 bits per heavy atom. The lowest BCUT2D eigenvalue weighted by molar-refractivity contribution is -0.175. The average Bonchev–Trinajstić information content (AvgIpc) is 3.32. The summed E-state index contributed by atoms with van der Waals surface area (Å²) in [5, 5.41) is 6.83. The van der Waals surface area contributed by atoms with Crippen molar-refractivity contribution in [3.05, 3.63) is 0 Å². The normalized spacial score (nSPS) is 33.1. The molecular weight excluding hydrogens is 366 g/mol. The van der Waals surface area contributed by atoms with Crippen LogP contribution >= 0.6 is 0 Å². The van der Waals surface area contributed by atoms with Crippen LogP contribution in [0.3, 0.4) is 0 Å². The molecule has 2 unspecified atom stereocenters. The van der Waals surface area contributed by atoms with Gasteiger partial charge < -0.3 is 20.1 Å². The monoisotopic (exact) mass is 399 g/mol. The van der Waals surface area contributed by atoms with Crippen molar-refractivity contribution in [2.75, 3.05) is 31.2 Å². The van der Waals surface area contributed by atoms with E-state index in [1.807, 2.05) is 0 Å². The predicted octanol–water partition coefficient (Wildman–Crippen LogP) is 1.58. The third-order valence-corrected chi connectivity index (χ3v) is 7.87. The van der Waals surface area contributed by atoms with E-state index in [-0.39, 0.29) is 23.6 Å². The van der Waals surface area contributed by atoms with Crippen molar-refractivity contribution >= 4 is 15.8 Å². The van der Waals surface area contributed by atoms with Gasteiger partial charge in [-0.05, 0) is 38.0 Å². The van der Waals surface area contributed by atoms with E-state index in [1.165, 1.54) is 38.5 Å². The quantitative estimate of drug-likeness (QED) is 0.539. The van der Waals surface area contributed by atoms with Crippen molar-refractivity contribution < 1.29 is 17.9 Å². The summed E-state index contributed by atoms with van der Waals surface area (Å²) >= 11 is 0. The van der Waals surface area contributed by atoms with Gasteiger partial charge in [0.2, 0.25) is 0 Å². The van der Waals surface area contributed by atoms with Gasteiger partial charge in [0.25, 0.3) is 0 Å². The minimum Gasteiger partial charge on any atom is -0.354 e. The molecule has 2 aliphatic carbocycles. The third kappa shape index (κ3) is 5.57. The fourth-order valence-electron chi connectivity index (χ4n) is 4.27. The molecule has 2 heterocycles. The van der Waals surface area contributed by atoms with Crippen molar-refractivity contribution in [3.8, 4) is 0 Å². The number of nitrogens with zero attached hydrogens (tertiary/aromatic N) is 1. The fourth-order valence-corrected chi connectivity index (χ4v) is 6.12. The van der Waals surface area contributed by atoms with Gasteiger partial charge in [-0.1, -0.05) is 12.8 Å². The Labute approximate surface area is 162 Å². The summed E-state index contributed by atoms with van der Waals surface area (Å²) in [7, 11) is -2.84. The van der Waals surface area contributed by atoms with Gasteiger partial charge in [0, 0.05) is 32.0 Å². The molecule has 0 aromatic heterocycles. The first-order chi connectivity index (χ1) is 13.0. The second kappa shape index (κ2) is 8.25. The summed E-state index contributed by atoms with van der Waals surface area (Å²) in [6, 6.07) is 0.498. The summed E-state index contributed by atoms with van der Waals surface area (Å²) in [5.74, 6) is 1.15. The van der Waals surface area contributed by atoms with Gasteiger partial charge in [0.05, 0.1) is 18.1 Å². The molecule has 0 bridgehead atoms. The predicted molar refractivity (Wildman–Crippen MR) is 104 cm³/mol. The highest BCUT2D eigenvalue weighted by Gasteiger charge is 2.41. The highest BCUT2D eigenvalue weighted by Crippen LogP contribution is 2.36. The van der Waals surface area contributed by atoms with Gasteiger partial charge in [-0.2, -0.15) is 0 Å². The lowest BCUT2D eigenvalue weighted by Crippen LogP contribution is -2.43. The average molecular weight is 400 g/mol. The summed E-state index contributed by atoms with van der Waals surface area (Å²) in [6.07, 6.45) is 10.0. The van der Waals surface area contributed by atoms with Crippen LogP contribution in [0.25, 0.3) is 0 Å². The molecule has 7 nitrogen and oxygen atoms in total. The van der Waals surface area contributed by atoms with Gasteiger partial charge in [-0.25, -0.2) is 8.42 Å². The molecule has 2 saturated carbocycles. The van der Waals surface area contributed by atoms with E-state index in [1.54, 1.807) is 0 Å². The molecule has 4 aliphatic rings. The zero-order valence-corrected chi connectivity index (χ0v) is 16.9.